The number of carbonyl (C=O) groups excluding carboxylic acids is 1. The number of halogens is 1. The minimum Gasteiger partial charge on any atom is -0.493 e. The van der Waals surface area contributed by atoms with Crippen LogP contribution in [-0.2, 0) is 16.1 Å². The summed E-state index contributed by atoms with van der Waals surface area (Å²) in [5, 5.41) is 8.40. The van der Waals surface area contributed by atoms with Crippen molar-refractivity contribution in [2.75, 3.05) is 6.61 Å². The summed E-state index contributed by atoms with van der Waals surface area (Å²) in [6.07, 6.45) is 0.132. The zero-order valence-electron chi connectivity index (χ0n) is 13.2. The van der Waals surface area contributed by atoms with E-state index in [1.165, 1.54) is 0 Å². The Morgan fingerprint density at radius 1 is 1.04 bits per heavy atom. The molecule has 3 rings (SSSR count). The first-order valence-corrected chi connectivity index (χ1v) is 8.00. The highest BCUT2D eigenvalue weighted by Crippen LogP contribution is 2.20. The van der Waals surface area contributed by atoms with E-state index in [0.29, 0.717) is 16.7 Å². The molecule has 0 saturated carbocycles. The fraction of sp³-hybridized carbons (Fsp3) is 0.167. The molecule has 0 N–H and O–H groups in total. The first-order chi connectivity index (χ1) is 12.2. The van der Waals surface area contributed by atoms with Gasteiger partial charge in [-0.1, -0.05) is 29.8 Å². The summed E-state index contributed by atoms with van der Waals surface area (Å²) >= 11 is 5.84. The highest BCUT2D eigenvalue weighted by atomic mass is 35.5. The number of nitrogens with zero attached hydrogens (tertiary/aromatic N) is 2. The Labute approximate surface area is 149 Å². The molecular weight excluding hydrogens is 344 g/mol. The third-order valence-corrected chi connectivity index (χ3v) is 3.48. The van der Waals surface area contributed by atoms with Gasteiger partial charge in [0, 0.05) is 10.6 Å². The molecule has 25 heavy (non-hydrogen) atoms. The Hall–Kier alpha value is -2.86. The van der Waals surface area contributed by atoms with Crippen LogP contribution in [0.15, 0.2) is 59.0 Å². The number of carbonyl (C=O) groups is 1. The van der Waals surface area contributed by atoms with Crippen molar-refractivity contribution in [2.45, 2.75) is 13.0 Å². The van der Waals surface area contributed by atoms with Crippen molar-refractivity contribution in [3.63, 3.8) is 0 Å². The molecule has 0 aliphatic heterocycles. The van der Waals surface area contributed by atoms with Crippen LogP contribution in [-0.4, -0.2) is 22.8 Å². The number of para-hydroxylation sites is 1. The SMILES string of the molecule is O=C(CCOc1ccccc1)OCc1nnc(-c2ccc(Cl)cc2)o1. The van der Waals surface area contributed by atoms with Gasteiger partial charge >= 0.3 is 5.97 Å². The Kier molecular flexibility index (Phi) is 5.64. The number of hydrogen-bond acceptors (Lipinski definition) is 6. The van der Waals surface area contributed by atoms with E-state index < -0.39 is 5.97 Å². The van der Waals surface area contributed by atoms with Crippen LogP contribution < -0.4 is 4.74 Å². The van der Waals surface area contributed by atoms with Crippen LogP contribution in [0.1, 0.15) is 12.3 Å². The van der Waals surface area contributed by atoms with Crippen LogP contribution in [0.3, 0.4) is 0 Å². The molecule has 0 saturated heterocycles. The zero-order chi connectivity index (χ0) is 17.5. The summed E-state index contributed by atoms with van der Waals surface area (Å²) in [5.74, 6) is 0.874. The van der Waals surface area contributed by atoms with Gasteiger partial charge in [-0.05, 0) is 36.4 Å². The molecule has 0 spiro atoms. The lowest BCUT2D eigenvalue weighted by atomic mass is 10.2. The largest absolute Gasteiger partial charge is 0.493 e. The molecule has 3 aromatic rings. The van der Waals surface area contributed by atoms with Crippen molar-refractivity contribution in [1.29, 1.82) is 0 Å². The average molecular weight is 359 g/mol. The predicted molar refractivity (Wildman–Crippen MR) is 91.1 cm³/mol. The molecule has 2 aromatic carbocycles. The maximum atomic E-state index is 11.7. The Balaban J connectivity index is 1.44. The second-order valence-corrected chi connectivity index (χ2v) is 5.52. The first-order valence-electron chi connectivity index (χ1n) is 7.62. The van der Waals surface area contributed by atoms with E-state index in [1.807, 2.05) is 30.3 Å². The lowest BCUT2D eigenvalue weighted by Gasteiger charge is -2.05. The van der Waals surface area contributed by atoms with Gasteiger partial charge < -0.3 is 13.9 Å². The number of benzene rings is 2. The maximum absolute atomic E-state index is 11.7. The minimum absolute atomic E-state index is 0.0786. The molecule has 0 radical (unpaired) electrons. The molecule has 1 heterocycles. The minimum atomic E-state index is -0.401. The van der Waals surface area contributed by atoms with Gasteiger partial charge in [-0.2, -0.15) is 0 Å². The second kappa shape index (κ2) is 8.30. The van der Waals surface area contributed by atoms with Gasteiger partial charge in [-0.15, -0.1) is 10.2 Å². The predicted octanol–water partition coefficient (Wildman–Crippen LogP) is 3.90. The fourth-order valence-corrected chi connectivity index (χ4v) is 2.13. The number of aromatic nitrogens is 2. The Bertz CT molecular complexity index is 819. The van der Waals surface area contributed by atoms with Crippen molar-refractivity contribution in [3.05, 3.63) is 65.5 Å². The Morgan fingerprint density at radius 2 is 1.80 bits per heavy atom. The summed E-state index contributed by atoms with van der Waals surface area (Å²) in [5.41, 5.74) is 0.741. The number of esters is 1. The molecule has 128 valence electrons. The monoisotopic (exact) mass is 358 g/mol. The van der Waals surface area contributed by atoms with E-state index >= 15 is 0 Å². The molecule has 1 aromatic heterocycles. The van der Waals surface area contributed by atoms with E-state index in [9.17, 15) is 4.79 Å². The lowest BCUT2D eigenvalue weighted by molar-refractivity contribution is -0.146. The molecular formula is C18H15ClN2O4. The summed E-state index contributed by atoms with van der Waals surface area (Å²) < 4.78 is 16.0. The molecule has 0 aliphatic rings. The van der Waals surface area contributed by atoms with E-state index in [0.717, 1.165) is 5.56 Å². The van der Waals surface area contributed by atoms with E-state index in [4.69, 9.17) is 25.5 Å². The van der Waals surface area contributed by atoms with Crippen LogP contribution in [0.25, 0.3) is 11.5 Å². The summed E-state index contributed by atoms with van der Waals surface area (Å²) in [7, 11) is 0. The van der Waals surface area contributed by atoms with Gasteiger partial charge in [0.2, 0.25) is 5.89 Å². The second-order valence-electron chi connectivity index (χ2n) is 5.08. The highest BCUT2D eigenvalue weighted by Gasteiger charge is 2.11. The van der Waals surface area contributed by atoms with Gasteiger partial charge in [0.1, 0.15) is 5.75 Å². The fourth-order valence-electron chi connectivity index (χ4n) is 2.00. The molecule has 0 atom stereocenters. The van der Waals surface area contributed by atoms with Crippen molar-refractivity contribution < 1.29 is 18.7 Å². The smallest absolute Gasteiger partial charge is 0.309 e. The molecule has 0 aliphatic carbocycles. The van der Waals surface area contributed by atoms with Crippen LogP contribution in [0.5, 0.6) is 5.75 Å². The van der Waals surface area contributed by atoms with E-state index in [2.05, 4.69) is 10.2 Å². The molecule has 0 bridgehead atoms. The maximum Gasteiger partial charge on any atom is 0.309 e. The standard InChI is InChI=1S/C18H15ClN2O4/c19-14-8-6-13(7-9-14)18-21-20-16(25-18)12-24-17(22)10-11-23-15-4-2-1-3-5-15/h1-9H,10-12H2. The van der Waals surface area contributed by atoms with Crippen LogP contribution in [0.2, 0.25) is 5.02 Å². The van der Waals surface area contributed by atoms with Crippen molar-refractivity contribution in [3.8, 4) is 17.2 Å². The topological polar surface area (TPSA) is 74.5 Å². The third kappa shape index (κ3) is 5.06. The Morgan fingerprint density at radius 3 is 2.56 bits per heavy atom. The van der Waals surface area contributed by atoms with Crippen LogP contribution in [0, 0.1) is 0 Å². The third-order valence-electron chi connectivity index (χ3n) is 3.23. The average Bonchev–Trinajstić information content (AvgIpc) is 3.10. The normalized spacial score (nSPS) is 10.4. The van der Waals surface area contributed by atoms with Gasteiger partial charge in [0.05, 0.1) is 13.0 Å². The zero-order valence-corrected chi connectivity index (χ0v) is 14.0. The molecule has 7 heteroatoms. The van der Waals surface area contributed by atoms with Gasteiger partial charge in [0.25, 0.3) is 5.89 Å². The molecule has 6 nitrogen and oxygen atoms in total. The van der Waals surface area contributed by atoms with Crippen LogP contribution >= 0.6 is 11.6 Å². The number of ether oxygens (including phenoxy) is 2. The van der Waals surface area contributed by atoms with Gasteiger partial charge in [-0.25, -0.2) is 0 Å². The van der Waals surface area contributed by atoms with Gasteiger partial charge in [-0.3, -0.25) is 4.79 Å². The summed E-state index contributed by atoms with van der Waals surface area (Å²) in [6, 6.07) is 16.3. The van der Waals surface area contributed by atoms with Crippen LogP contribution in [0.4, 0.5) is 0 Å². The van der Waals surface area contributed by atoms with Crippen molar-refractivity contribution in [2.24, 2.45) is 0 Å². The quantitative estimate of drug-likeness (QED) is 0.596. The summed E-state index contributed by atoms with van der Waals surface area (Å²) in [4.78, 5) is 11.7. The van der Waals surface area contributed by atoms with Gasteiger partial charge in [0.15, 0.2) is 6.61 Å². The molecule has 0 unspecified atom stereocenters. The number of rotatable bonds is 7. The lowest BCUT2D eigenvalue weighted by Crippen LogP contribution is -2.10. The summed E-state index contributed by atoms with van der Waals surface area (Å²) in [6.45, 7) is 0.160. The number of hydrogen-bond donors (Lipinski definition) is 0. The molecule has 0 amide bonds. The molecule has 0 fully saturated rings. The highest BCUT2D eigenvalue weighted by molar-refractivity contribution is 6.30. The van der Waals surface area contributed by atoms with E-state index in [-0.39, 0.29) is 25.5 Å². The van der Waals surface area contributed by atoms with Crippen molar-refractivity contribution in [1.82, 2.24) is 10.2 Å². The first kappa shape index (κ1) is 17.0. The van der Waals surface area contributed by atoms with Crippen molar-refractivity contribution >= 4 is 17.6 Å². The van der Waals surface area contributed by atoms with E-state index in [1.54, 1.807) is 24.3 Å².